The fourth-order valence-corrected chi connectivity index (χ4v) is 3.32. The monoisotopic (exact) mass is 294 g/mol. The quantitative estimate of drug-likeness (QED) is 0.887. The Morgan fingerprint density at radius 2 is 2.00 bits per heavy atom. The fourth-order valence-electron chi connectivity index (χ4n) is 2.00. The topological polar surface area (TPSA) is 71.2 Å². The molecule has 0 unspecified atom stereocenters. The van der Waals surface area contributed by atoms with Crippen LogP contribution >= 0.6 is 0 Å². The molecule has 20 heavy (non-hydrogen) atoms. The number of ether oxygens (including phenoxy) is 1. The van der Waals surface area contributed by atoms with Crippen LogP contribution in [-0.2, 0) is 16.6 Å². The predicted octanol–water partition coefficient (Wildman–Crippen LogP) is 2.12. The first-order chi connectivity index (χ1) is 9.44. The van der Waals surface area contributed by atoms with Gasteiger partial charge in [0.25, 0.3) is 0 Å². The summed E-state index contributed by atoms with van der Waals surface area (Å²) in [5, 5.41) is 0. The highest BCUT2D eigenvalue weighted by Gasteiger charge is 2.18. The molecule has 0 amide bonds. The van der Waals surface area contributed by atoms with E-state index in [4.69, 9.17) is 4.74 Å². The van der Waals surface area contributed by atoms with E-state index in [-0.39, 0.29) is 11.4 Å². The number of rotatable bonds is 5. The highest BCUT2D eigenvalue weighted by molar-refractivity contribution is 7.89. The van der Waals surface area contributed by atoms with Crippen molar-refractivity contribution in [2.45, 2.75) is 25.3 Å². The zero-order valence-electron chi connectivity index (χ0n) is 11.7. The van der Waals surface area contributed by atoms with Crippen molar-refractivity contribution in [2.24, 2.45) is 0 Å². The van der Waals surface area contributed by atoms with E-state index in [9.17, 15) is 8.42 Å². The highest BCUT2D eigenvalue weighted by atomic mass is 32.2. The largest absolute Gasteiger partial charge is 0.496 e. The zero-order valence-corrected chi connectivity index (χ0v) is 12.5. The fraction of sp³-hybridized carbons (Fsp3) is 0.286. The average molecular weight is 294 g/mol. The van der Waals surface area contributed by atoms with Crippen LogP contribution in [0.3, 0.4) is 0 Å². The van der Waals surface area contributed by atoms with Crippen molar-refractivity contribution in [3.05, 3.63) is 47.3 Å². The molecule has 0 bridgehead atoms. The van der Waals surface area contributed by atoms with Crippen molar-refractivity contribution in [1.29, 1.82) is 0 Å². The molecule has 2 aromatic rings. The van der Waals surface area contributed by atoms with Crippen molar-refractivity contribution in [2.75, 3.05) is 7.11 Å². The van der Waals surface area contributed by atoms with Crippen LogP contribution in [0.5, 0.6) is 5.75 Å². The van der Waals surface area contributed by atoms with Gasteiger partial charge in [0.15, 0.2) is 0 Å². The van der Waals surface area contributed by atoms with E-state index in [1.165, 1.54) is 0 Å². The third-order valence-corrected chi connectivity index (χ3v) is 4.65. The van der Waals surface area contributed by atoms with Crippen molar-refractivity contribution >= 4 is 10.0 Å². The van der Waals surface area contributed by atoms with Gasteiger partial charge in [0.2, 0.25) is 10.0 Å². The Labute approximate surface area is 119 Å². The molecule has 1 heterocycles. The second kappa shape index (κ2) is 5.68. The second-order valence-electron chi connectivity index (χ2n) is 4.63. The number of hydrogen-bond donors (Lipinski definition) is 2. The van der Waals surface area contributed by atoms with Gasteiger partial charge in [0, 0.05) is 18.9 Å². The van der Waals surface area contributed by atoms with Crippen LogP contribution in [0, 0.1) is 13.8 Å². The van der Waals surface area contributed by atoms with Gasteiger partial charge < -0.3 is 9.72 Å². The lowest BCUT2D eigenvalue weighted by Crippen LogP contribution is -2.24. The minimum absolute atomic E-state index is 0.260. The Morgan fingerprint density at radius 3 is 2.60 bits per heavy atom. The minimum atomic E-state index is -3.53. The van der Waals surface area contributed by atoms with Crippen LogP contribution in [0.2, 0.25) is 0 Å². The number of nitrogens with one attached hydrogen (secondary N) is 2. The van der Waals surface area contributed by atoms with Gasteiger partial charge >= 0.3 is 0 Å². The standard InChI is InChI=1S/C14H18N2O3S/c1-10-7-14(11(2)6-13(10)19-3)20(17,18)16-9-12-4-5-15-8-12/h4-8,15-16H,9H2,1-3H3. The van der Waals surface area contributed by atoms with E-state index >= 15 is 0 Å². The molecular weight excluding hydrogens is 276 g/mol. The summed E-state index contributed by atoms with van der Waals surface area (Å²) in [6, 6.07) is 5.20. The maximum absolute atomic E-state index is 12.3. The summed E-state index contributed by atoms with van der Waals surface area (Å²) < 4.78 is 32.5. The van der Waals surface area contributed by atoms with Crippen molar-refractivity contribution in [3.8, 4) is 5.75 Å². The van der Waals surface area contributed by atoms with Crippen molar-refractivity contribution < 1.29 is 13.2 Å². The summed E-state index contributed by atoms with van der Waals surface area (Å²) >= 11 is 0. The molecular formula is C14H18N2O3S. The Morgan fingerprint density at radius 1 is 1.25 bits per heavy atom. The van der Waals surface area contributed by atoms with Gasteiger partial charge in [-0.2, -0.15) is 0 Å². The molecule has 0 saturated carbocycles. The summed E-state index contributed by atoms with van der Waals surface area (Å²) in [7, 11) is -1.96. The first kappa shape index (κ1) is 14.6. The second-order valence-corrected chi connectivity index (χ2v) is 6.37. The summed E-state index contributed by atoms with van der Waals surface area (Å²) in [6.45, 7) is 3.84. The molecule has 6 heteroatoms. The Balaban J connectivity index is 2.27. The van der Waals surface area contributed by atoms with E-state index in [1.54, 1.807) is 38.6 Å². The smallest absolute Gasteiger partial charge is 0.241 e. The third kappa shape index (κ3) is 3.02. The lowest BCUT2D eigenvalue weighted by atomic mass is 10.1. The predicted molar refractivity (Wildman–Crippen MR) is 77.3 cm³/mol. The average Bonchev–Trinajstić information content (AvgIpc) is 2.92. The Hall–Kier alpha value is -1.79. The molecule has 0 aliphatic carbocycles. The van der Waals surface area contributed by atoms with Gasteiger partial charge in [0.05, 0.1) is 12.0 Å². The molecule has 2 rings (SSSR count). The zero-order chi connectivity index (χ0) is 14.8. The van der Waals surface area contributed by atoms with E-state index in [0.717, 1.165) is 11.1 Å². The Bertz CT molecular complexity index is 691. The molecule has 0 saturated heterocycles. The molecule has 5 nitrogen and oxygen atoms in total. The first-order valence-electron chi connectivity index (χ1n) is 6.20. The molecule has 1 aromatic heterocycles. The van der Waals surface area contributed by atoms with Crippen LogP contribution in [0.25, 0.3) is 0 Å². The number of aromatic amines is 1. The minimum Gasteiger partial charge on any atom is -0.496 e. The number of sulfonamides is 1. The lowest BCUT2D eigenvalue weighted by Gasteiger charge is -2.12. The molecule has 0 fully saturated rings. The number of aryl methyl sites for hydroxylation is 2. The van der Waals surface area contributed by atoms with E-state index < -0.39 is 10.0 Å². The molecule has 0 atom stereocenters. The van der Waals surface area contributed by atoms with Gasteiger partial charge in [-0.25, -0.2) is 13.1 Å². The van der Waals surface area contributed by atoms with Crippen LogP contribution in [0.15, 0.2) is 35.5 Å². The van der Waals surface area contributed by atoms with Crippen molar-refractivity contribution in [1.82, 2.24) is 9.71 Å². The highest BCUT2D eigenvalue weighted by Crippen LogP contribution is 2.25. The first-order valence-corrected chi connectivity index (χ1v) is 7.69. The van der Waals surface area contributed by atoms with Gasteiger partial charge in [-0.15, -0.1) is 0 Å². The molecule has 0 radical (unpaired) electrons. The van der Waals surface area contributed by atoms with Gasteiger partial charge in [0.1, 0.15) is 5.75 Å². The van der Waals surface area contributed by atoms with Gasteiger partial charge in [-0.1, -0.05) is 0 Å². The van der Waals surface area contributed by atoms with E-state index in [0.29, 0.717) is 11.3 Å². The maximum atomic E-state index is 12.3. The number of benzene rings is 1. The SMILES string of the molecule is COc1cc(C)c(S(=O)(=O)NCc2cc[nH]c2)cc1C. The summed E-state index contributed by atoms with van der Waals surface area (Å²) in [6.07, 6.45) is 3.51. The van der Waals surface area contributed by atoms with Crippen LogP contribution in [0.4, 0.5) is 0 Å². The molecule has 0 spiro atoms. The van der Waals surface area contributed by atoms with E-state index in [2.05, 4.69) is 9.71 Å². The molecule has 0 aliphatic rings. The number of H-pyrrole nitrogens is 1. The summed E-state index contributed by atoms with van der Waals surface area (Å²) in [4.78, 5) is 3.17. The van der Waals surface area contributed by atoms with Crippen LogP contribution < -0.4 is 9.46 Å². The molecule has 0 aliphatic heterocycles. The Kier molecular flexibility index (Phi) is 4.15. The normalized spacial score (nSPS) is 11.6. The van der Waals surface area contributed by atoms with Crippen LogP contribution in [-0.4, -0.2) is 20.5 Å². The maximum Gasteiger partial charge on any atom is 0.241 e. The molecule has 1 aromatic carbocycles. The van der Waals surface area contributed by atoms with Gasteiger partial charge in [-0.05, 0) is 48.7 Å². The lowest BCUT2D eigenvalue weighted by molar-refractivity contribution is 0.411. The number of hydrogen-bond acceptors (Lipinski definition) is 3. The third-order valence-electron chi connectivity index (χ3n) is 3.11. The number of methoxy groups -OCH3 is 1. The van der Waals surface area contributed by atoms with E-state index in [1.807, 2.05) is 13.0 Å². The summed E-state index contributed by atoms with van der Waals surface area (Å²) in [5.74, 6) is 0.687. The van der Waals surface area contributed by atoms with Crippen molar-refractivity contribution in [3.63, 3.8) is 0 Å². The van der Waals surface area contributed by atoms with Gasteiger partial charge in [-0.3, -0.25) is 0 Å². The number of aromatic nitrogens is 1. The molecule has 2 N–H and O–H groups in total. The summed E-state index contributed by atoms with van der Waals surface area (Å²) in [5.41, 5.74) is 2.34. The molecule has 108 valence electrons. The van der Waals surface area contributed by atoms with Crippen LogP contribution in [0.1, 0.15) is 16.7 Å².